The molecule has 5 rings (SSSR count). The lowest BCUT2D eigenvalue weighted by Crippen LogP contribution is -2.56. The van der Waals surface area contributed by atoms with E-state index in [1.807, 2.05) is 19.9 Å². The summed E-state index contributed by atoms with van der Waals surface area (Å²) in [6.07, 6.45) is 8.77. The van der Waals surface area contributed by atoms with Crippen molar-refractivity contribution < 1.29 is 14.3 Å². The minimum Gasteiger partial charge on any atom is -0.343 e. The molecular formula is C23H31NO3. The zero-order chi connectivity index (χ0) is 19.2. The summed E-state index contributed by atoms with van der Waals surface area (Å²) in [4.78, 5) is 12.0. The number of hydrogen-bond donors (Lipinski definition) is 0. The summed E-state index contributed by atoms with van der Waals surface area (Å²) in [5.41, 5.74) is 0.594. The van der Waals surface area contributed by atoms with Crippen LogP contribution in [-0.4, -0.2) is 23.3 Å². The predicted molar refractivity (Wildman–Crippen MR) is 100 cm³/mol. The second kappa shape index (κ2) is 5.24. The van der Waals surface area contributed by atoms with E-state index in [0.29, 0.717) is 30.0 Å². The maximum Gasteiger partial charge on any atom is 0.189 e. The molecule has 0 amide bonds. The number of ketones is 1. The summed E-state index contributed by atoms with van der Waals surface area (Å²) in [6.45, 7) is 8.56. The van der Waals surface area contributed by atoms with E-state index in [2.05, 4.69) is 19.9 Å². The van der Waals surface area contributed by atoms with E-state index in [0.717, 1.165) is 38.5 Å². The maximum absolute atomic E-state index is 12.0. The first kappa shape index (κ1) is 17.9. The molecule has 0 bridgehead atoms. The number of carbonyl (C=O) groups excluding carboxylic acids is 1. The average molecular weight is 370 g/mol. The Kier molecular flexibility index (Phi) is 3.47. The monoisotopic (exact) mass is 369 g/mol. The molecule has 5 aliphatic rings. The highest BCUT2D eigenvalue weighted by molar-refractivity contribution is 5.91. The predicted octanol–water partition coefficient (Wildman–Crippen LogP) is 4.54. The highest BCUT2D eigenvalue weighted by Crippen LogP contribution is 2.70. The molecule has 4 heteroatoms. The van der Waals surface area contributed by atoms with Gasteiger partial charge in [-0.25, -0.2) is 0 Å². The van der Waals surface area contributed by atoms with Crippen LogP contribution in [0.15, 0.2) is 11.6 Å². The lowest BCUT2D eigenvalue weighted by Gasteiger charge is -2.58. The Balaban J connectivity index is 1.52. The molecule has 4 fully saturated rings. The third-order valence-corrected chi connectivity index (χ3v) is 9.12. The molecule has 4 nitrogen and oxygen atoms in total. The van der Waals surface area contributed by atoms with Crippen LogP contribution in [0.2, 0.25) is 0 Å². The summed E-state index contributed by atoms with van der Waals surface area (Å²) >= 11 is 0. The van der Waals surface area contributed by atoms with Crippen molar-refractivity contribution in [2.24, 2.45) is 28.6 Å². The number of ether oxygens (including phenoxy) is 2. The van der Waals surface area contributed by atoms with E-state index in [1.165, 1.54) is 5.57 Å². The Labute approximate surface area is 162 Å². The average Bonchev–Trinajstić information content (AvgIpc) is 3.01. The van der Waals surface area contributed by atoms with Crippen molar-refractivity contribution in [2.75, 3.05) is 0 Å². The van der Waals surface area contributed by atoms with Gasteiger partial charge in [-0.1, -0.05) is 19.4 Å². The van der Waals surface area contributed by atoms with E-state index in [4.69, 9.17) is 9.47 Å². The topological polar surface area (TPSA) is 59.3 Å². The minimum atomic E-state index is -0.814. The van der Waals surface area contributed by atoms with Crippen molar-refractivity contribution in [2.45, 2.75) is 90.1 Å². The Hall–Kier alpha value is -1.18. The van der Waals surface area contributed by atoms with Gasteiger partial charge in [-0.3, -0.25) is 4.79 Å². The zero-order valence-electron chi connectivity index (χ0n) is 17.0. The fourth-order valence-electron chi connectivity index (χ4n) is 7.83. The fourth-order valence-corrected chi connectivity index (χ4v) is 7.83. The van der Waals surface area contributed by atoms with E-state index >= 15 is 0 Å². The molecule has 146 valence electrons. The first-order chi connectivity index (χ1) is 12.7. The Morgan fingerprint density at radius 2 is 1.89 bits per heavy atom. The van der Waals surface area contributed by atoms with E-state index in [9.17, 15) is 10.1 Å². The molecule has 1 aliphatic heterocycles. The standard InChI is InChI=1S/C23H31NO3/c1-20(2)26-19-12-18-16-6-5-14-11-15(25)7-9-21(14,3)17(16)8-10-22(18,4)23(19,13-24)27-20/h11,16-19H,5-10,12H2,1-4H3/t16-,17+,18+,19+,21-,22-,23+/m0/s1. The van der Waals surface area contributed by atoms with Crippen molar-refractivity contribution in [1.82, 2.24) is 0 Å². The zero-order valence-corrected chi connectivity index (χ0v) is 17.0. The Bertz CT molecular complexity index is 779. The third kappa shape index (κ3) is 2.08. The van der Waals surface area contributed by atoms with Gasteiger partial charge in [-0.2, -0.15) is 5.26 Å². The van der Waals surface area contributed by atoms with Crippen LogP contribution in [0.3, 0.4) is 0 Å². The lowest BCUT2D eigenvalue weighted by atomic mass is 9.46. The first-order valence-electron chi connectivity index (χ1n) is 10.7. The summed E-state index contributed by atoms with van der Waals surface area (Å²) in [5.74, 6) is 1.32. The van der Waals surface area contributed by atoms with Gasteiger partial charge < -0.3 is 9.47 Å². The van der Waals surface area contributed by atoms with Gasteiger partial charge in [-0.15, -0.1) is 0 Å². The van der Waals surface area contributed by atoms with Crippen LogP contribution >= 0.6 is 0 Å². The van der Waals surface area contributed by atoms with Crippen molar-refractivity contribution >= 4 is 5.78 Å². The normalized spacial score (nSPS) is 52.9. The Morgan fingerprint density at radius 3 is 2.63 bits per heavy atom. The molecule has 4 aliphatic carbocycles. The summed E-state index contributed by atoms with van der Waals surface area (Å²) in [6, 6.07) is 2.60. The van der Waals surface area contributed by atoms with Gasteiger partial charge in [0.1, 0.15) is 12.2 Å². The maximum atomic E-state index is 12.0. The Morgan fingerprint density at radius 1 is 1.11 bits per heavy atom. The van der Waals surface area contributed by atoms with Gasteiger partial charge in [0.2, 0.25) is 0 Å². The van der Waals surface area contributed by atoms with Crippen LogP contribution in [0, 0.1) is 39.9 Å². The molecule has 3 saturated carbocycles. The van der Waals surface area contributed by atoms with Gasteiger partial charge in [-0.05, 0) is 81.6 Å². The highest BCUT2D eigenvalue weighted by atomic mass is 16.8. The number of carbonyl (C=O) groups is 1. The van der Waals surface area contributed by atoms with Crippen LogP contribution in [0.4, 0.5) is 0 Å². The molecule has 7 atom stereocenters. The van der Waals surface area contributed by atoms with E-state index < -0.39 is 11.4 Å². The molecule has 0 aromatic rings. The van der Waals surface area contributed by atoms with Crippen LogP contribution in [0.5, 0.6) is 0 Å². The molecule has 0 unspecified atom stereocenters. The molecule has 27 heavy (non-hydrogen) atoms. The van der Waals surface area contributed by atoms with E-state index in [1.54, 1.807) is 0 Å². The largest absolute Gasteiger partial charge is 0.343 e. The molecule has 1 saturated heterocycles. The quantitative estimate of drug-likeness (QED) is 0.629. The molecule has 0 spiro atoms. The molecule has 0 aromatic carbocycles. The van der Waals surface area contributed by atoms with Crippen LogP contribution in [0.25, 0.3) is 0 Å². The van der Waals surface area contributed by atoms with Gasteiger partial charge in [0.05, 0.1) is 0 Å². The highest BCUT2D eigenvalue weighted by Gasteiger charge is 2.73. The fraction of sp³-hybridized carbons (Fsp3) is 0.826. The minimum absolute atomic E-state index is 0.121. The number of allylic oxidation sites excluding steroid dienone is 1. The second-order valence-electron chi connectivity index (χ2n) is 10.6. The molecular weight excluding hydrogens is 338 g/mol. The SMILES string of the molecule is CC1(C)O[C@@H]2C[C@@H]3[C@H]4CCC5=CC(=O)CC[C@]5(C)[C@@H]4CC[C@]3(C)[C@]2(C#N)O1. The van der Waals surface area contributed by atoms with Gasteiger partial charge in [0.15, 0.2) is 17.2 Å². The number of rotatable bonds is 0. The number of nitrogens with zero attached hydrogens (tertiary/aromatic N) is 1. The number of fused-ring (bicyclic) bond motifs is 7. The van der Waals surface area contributed by atoms with E-state index in [-0.39, 0.29) is 16.9 Å². The summed E-state index contributed by atoms with van der Waals surface area (Å²) in [7, 11) is 0. The number of nitriles is 1. The van der Waals surface area contributed by atoms with Crippen molar-refractivity contribution in [3.63, 3.8) is 0 Å². The molecule has 0 radical (unpaired) electrons. The van der Waals surface area contributed by atoms with Crippen LogP contribution in [-0.2, 0) is 14.3 Å². The summed E-state index contributed by atoms with van der Waals surface area (Å²) in [5, 5.41) is 10.2. The van der Waals surface area contributed by atoms with Crippen molar-refractivity contribution in [1.29, 1.82) is 5.26 Å². The van der Waals surface area contributed by atoms with Crippen LogP contribution in [0.1, 0.15) is 72.6 Å². The van der Waals surface area contributed by atoms with Gasteiger partial charge in [0.25, 0.3) is 0 Å². The molecule has 1 heterocycles. The number of hydrogen-bond acceptors (Lipinski definition) is 4. The molecule has 0 N–H and O–H groups in total. The third-order valence-electron chi connectivity index (χ3n) is 9.12. The smallest absolute Gasteiger partial charge is 0.189 e. The second-order valence-corrected chi connectivity index (χ2v) is 10.6. The lowest BCUT2D eigenvalue weighted by molar-refractivity contribution is -0.200. The van der Waals surface area contributed by atoms with Gasteiger partial charge >= 0.3 is 0 Å². The van der Waals surface area contributed by atoms with Crippen molar-refractivity contribution in [3.8, 4) is 6.07 Å². The summed E-state index contributed by atoms with van der Waals surface area (Å²) < 4.78 is 12.6. The first-order valence-corrected chi connectivity index (χ1v) is 10.7. The van der Waals surface area contributed by atoms with Crippen LogP contribution < -0.4 is 0 Å². The van der Waals surface area contributed by atoms with Crippen molar-refractivity contribution in [3.05, 3.63) is 11.6 Å². The molecule has 0 aromatic heterocycles. The van der Waals surface area contributed by atoms with Gasteiger partial charge in [0, 0.05) is 11.8 Å².